The van der Waals surface area contributed by atoms with Crippen molar-refractivity contribution in [3.8, 4) is 0 Å². The van der Waals surface area contributed by atoms with Gasteiger partial charge in [-0.3, -0.25) is 14.1 Å². The molecule has 2 aliphatic heterocycles. The van der Waals surface area contributed by atoms with E-state index in [4.69, 9.17) is 9.47 Å². The average molecular weight is 372 g/mol. The summed E-state index contributed by atoms with van der Waals surface area (Å²) in [7, 11) is 1.74. The van der Waals surface area contributed by atoms with E-state index in [-0.39, 0.29) is 11.3 Å². The van der Waals surface area contributed by atoms with Crippen molar-refractivity contribution in [1.82, 2.24) is 19.2 Å². The maximum absolute atomic E-state index is 13.2. The van der Waals surface area contributed by atoms with Crippen LogP contribution in [0.25, 0.3) is 5.65 Å². The lowest BCUT2D eigenvalue weighted by Crippen LogP contribution is -2.52. The first-order chi connectivity index (χ1) is 13.2. The number of likely N-dealkylation sites (tertiary alicyclic amines) is 1. The van der Waals surface area contributed by atoms with Crippen LogP contribution < -0.4 is 0 Å². The molecule has 0 N–H and O–H groups in total. The van der Waals surface area contributed by atoms with E-state index in [9.17, 15) is 4.79 Å². The highest BCUT2D eigenvalue weighted by Gasteiger charge is 2.40. The van der Waals surface area contributed by atoms with Crippen molar-refractivity contribution in [3.05, 3.63) is 36.3 Å². The van der Waals surface area contributed by atoms with Gasteiger partial charge in [-0.1, -0.05) is 6.07 Å². The zero-order chi connectivity index (χ0) is 18.7. The van der Waals surface area contributed by atoms with Crippen molar-refractivity contribution in [2.45, 2.75) is 12.8 Å². The number of pyridine rings is 1. The van der Waals surface area contributed by atoms with Crippen molar-refractivity contribution in [2.24, 2.45) is 5.41 Å². The molecule has 2 aromatic rings. The highest BCUT2D eigenvalue weighted by atomic mass is 16.5. The van der Waals surface area contributed by atoms with Gasteiger partial charge in [0, 0.05) is 51.4 Å². The first-order valence-electron chi connectivity index (χ1n) is 9.71. The number of nitrogens with zero attached hydrogens (tertiary/aromatic N) is 4. The summed E-state index contributed by atoms with van der Waals surface area (Å²) in [4.78, 5) is 22.0. The normalized spacial score (nSPS) is 24.4. The monoisotopic (exact) mass is 372 g/mol. The minimum absolute atomic E-state index is 0.00135. The zero-order valence-corrected chi connectivity index (χ0v) is 16.0. The summed E-state index contributed by atoms with van der Waals surface area (Å²) in [6, 6.07) is 5.78. The molecule has 4 heterocycles. The van der Waals surface area contributed by atoms with Crippen LogP contribution in [0.2, 0.25) is 0 Å². The lowest BCUT2D eigenvalue weighted by Gasteiger charge is -2.43. The predicted molar refractivity (Wildman–Crippen MR) is 102 cm³/mol. The van der Waals surface area contributed by atoms with Crippen LogP contribution in [-0.4, -0.2) is 84.7 Å². The number of hydrogen-bond acceptors (Lipinski definition) is 5. The molecule has 2 fully saturated rings. The summed E-state index contributed by atoms with van der Waals surface area (Å²) in [6.45, 7) is 6.48. The molecule has 1 amide bonds. The molecule has 2 aliphatic rings. The maximum Gasteiger partial charge on any atom is 0.272 e. The van der Waals surface area contributed by atoms with Gasteiger partial charge in [0.1, 0.15) is 11.3 Å². The summed E-state index contributed by atoms with van der Waals surface area (Å²) >= 11 is 0. The van der Waals surface area contributed by atoms with Crippen molar-refractivity contribution in [3.63, 3.8) is 0 Å². The van der Waals surface area contributed by atoms with Crippen LogP contribution in [0.1, 0.15) is 23.3 Å². The summed E-state index contributed by atoms with van der Waals surface area (Å²) in [5, 5.41) is 0. The molecule has 4 rings (SSSR count). The van der Waals surface area contributed by atoms with Crippen molar-refractivity contribution >= 4 is 11.6 Å². The molecule has 2 saturated heterocycles. The van der Waals surface area contributed by atoms with E-state index in [1.54, 1.807) is 13.3 Å². The third-order valence-corrected chi connectivity index (χ3v) is 5.72. The number of hydrogen-bond donors (Lipinski definition) is 0. The minimum atomic E-state index is -0.00135. The Morgan fingerprint density at radius 3 is 3.15 bits per heavy atom. The Hall–Kier alpha value is -1.96. The fourth-order valence-electron chi connectivity index (χ4n) is 4.37. The summed E-state index contributed by atoms with van der Waals surface area (Å²) in [5.74, 6) is 0.0560. The number of piperidine rings is 1. The van der Waals surface area contributed by atoms with Crippen molar-refractivity contribution < 1.29 is 14.3 Å². The van der Waals surface area contributed by atoms with Gasteiger partial charge < -0.3 is 14.4 Å². The molecule has 0 radical (unpaired) electrons. The molecule has 1 spiro atoms. The molecular weight excluding hydrogens is 344 g/mol. The fourth-order valence-corrected chi connectivity index (χ4v) is 4.37. The van der Waals surface area contributed by atoms with Crippen molar-refractivity contribution in [2.75, 3.05) is 59.7 Å². The number of carbonyl (C=O) groups excluding carboxylic acids is 1. The van der Waals surface area contributed by atoms with E-state index in [1.807, 2.05) is 33.7 Å². The highest BCUT2D eigenvalue weighted by Crippen LogP contribution is 2.33. The van der Waals surface area contributed by atoms with Gasteiger partial charge in [-0.25, -0.2) is 4.98 Å². The minimum Gasteiger partial charge on any atom is -0.383 e. The Balaban J connectivity index is 1.52. The second-order valence-electron chi connectivity index (χ2n) is 7.72. The Morgan fingerprint density at radius 1 is 1.33 bits per heavy atom. The topological polar surface area (TPSA) is 59.3 Å². The number of imidazole rings is 1. The lowest BCUT2D eigenvalue weighted by molar-refractivity contribution is 0.00593. The molecule has 1 atom stereocenters. The SMILES string of the molecule is COCCN1CCOCC2(CCCN(C(=O)c3cnc4ccccn34)C2)C1. The molecular formula is C20H28N4O3. The number of rotatable bonds is 4. The Bertz CT molecular complexity index is 792. The molecule has 146 valence electrons. The second-order valence-corrected chi connectivity index (χ2v) is 7.72. The van der Waals surface area contributed by atoms with Crippen LogP contribution >= 0.6 is 0 Å². The van der Waals surface area contributed by atoms with Crippen LogP contribution in [0, 0.1) is 5.41 Å². The number of aromatic nitrogens is 2. The third kappa shape index (κ3) is 3.85. The molecule has 27 heavy (non-hydrogen) atoms. The van der Waals surface area contributed by atoms with E-state index < -0.39 is 0 Å². The number of carbonyl (C=O) groups is 1. The summed E-state index contributed by atoms with van der Waals surface area (Å²) in [5.41, 5.74) is 1.43. The van der Waals surface area contributed by atoms with Crippen LogP contribution in [-0.2, 0) is 9.47 Å². The van der Waals surface area contributed by atoms with Crippen molar-refractivity contribution in [1.29, 1.82) is 0 Å². The zero-order valence-electron chi connectivity index (χ0n) is 16.0. The van der Waals surface area contributed by atoms with E-state index in [0.29, 0.717) is 12.3 Å². The van der Waals surface area contributed by atoms with Gasteiger partial charge in [-0.15, -0.1) is 0 Å². The van der Waals surface area contributed by atoms with Crippen LogP contribution in [0.5, 0.6) is 0 Å². The second kappa shape index (κ2) is 7.96. The molecule has 0 aromatic carbocycles. The van der Waals surface area contributed by atoms with Gasteiger partial charge in [-0.2, -0.15) is 0 Å². The standard InChI is InChI=1S/C20H28N4O3/c1-26-11-9-22-10-12-27-16-20(14-22)6-4-7-23(15-20)19(25)17-13-21-18-5-2-3-8-24(17)18/h2-3,5,8,13H,4,6-7,9-12,14-16H2,1H3. The maximum atomic E-state index is 13.2. The smallest absolute Gasteiger partial charge is 0.272 e. The quantitative estimate of drug-likeness (QED) is 0.815. The third-order valence-electron chi connectivity index (χ3n) is 5.72. The molecule has 7 nitrogen and oxygen atoms in total. The largest absolute Gasteiger partial charge is 0.383 e. The summed E-state index contributed by atoms with van der Waals surface area (Å²) in [6.07, 6.45) is 5.68. The highest BCUT2D eigenvalue weighted by molar-refractivity contribution is 5.93. The van der Waals surface area contributed by atoms with Crippen LogP contribution in [0.3, 0.4) is 0 Å². The molecule has 0 saturated carbocycles. The number of ether oxygens (including phenoxy) is 2. The molecule has 7 heteroatoms. The predicted octanol–water partition coefficient (Wildman–Crippen LogP) is 1.54. The van der Waals surface area contributed by atoms with E-state index >= 15 is 0 Å². The van der Waals surface area contributed by atoms with E-state index in [1.165, 1.54) is 0 Å². The van der Waals surface area contributed by atoms with Gasteiger partial charge in [0.2, 0.25) is 0 Å². The Labute approximate surface area is 159 Å². The van der Waals surface area contributed by atoms with Gasteiger partial charge >= 0.3 is 0 Å². The van der Waals surface area contributed by atoms with Crippen LogP contribution in [0.4, 0.5) is 0 Å². The fraction of sp³-hybridized carbons (Fsp3) is 0.600. The Morgan fingerprint density at radius 2 is 2.26 bits per heavy atom. The lowest BCUT2D eigenvalue weighted by atomic mass is 9.80. The molecule has 0 aliphatic carbocycles. The van der Waals surface area contributed by atoms with E-state index in [0.717, 1.165) is 64.4 Å². The molecule has 1 unspecified atom stereocenters. The summed E-state index contributed by atoms with van der Waals surface area (Å²) < 4.78 is 13.1. The van der Waals surface area contributed by atoms with E-state index in [2.05, 4.69) is 9.88 Å². The number of fused-ring (bicyclic) bond motifs is 1. The number of amides is 1. The molecule has 0 bridgehead atoms. The molecule has 2 aromatic heterocycles. The van der Waals surface area contributed by atoms with Gasteiger partial charge in [0.15, 0.2) is 0 Å². The van der Waals surface area contributed by atoms with Gasteiger partial charge in [-0.05, 0) is 25.0 Å². The first kappa shape index (κ1) is 18.4. The van der Waals surface area contributed by atoms with Gasteiger partial charge in [0.05, 0.1) is 26.0 Å². The first-order valence-corrected chi connectivity index (χ1v) is 9.71. The Kier molecular flexibility index (Phi) is 5.43. The van der Waals surface area contributed by atoms with Gasteiger partial charge in [0.25, 0.3) is 5.91 Å². The average Bonchev–Trinajstić information content (AvgIpc) is 3.03. The van der Waals surface area contributed by atoms with Crippen LogP contribution in [0.15, 0.2) is 30.6 Å². The number of methoxy groups -OCH3 is 1.